The summed E-state index contributed by atoms with van der Waals surface area (Å²) in [5.41, 5.74) is 2.97. The number of esters is 1. The topological polar surface area (TPSA) is 89.5 Å². The first-order valence-corrected chi connectivity index (χ1v) is 11.1. The molecule has 0 saturated heterocycles. The summed E-state index contributed by atoms with van der Waals surface area (Å²) in [6, 6.07) is 17.6. The van der Waals surface area contributed by atoms with Crippen molar-refractivity contribution in [2.45, 2.75) is 39.8 Å². The summed E-state index contributed by atoms with van der Waals surface area (Å²) < 4.78 is 10.4. The number of nitrogens with one attached hydrogen (secondary N) is 1. The first-order valence-electron chi connectivity index (χ1n) is 11.1. The number of rotatable bonds is 10. The van der Waals surface area contributed by atoms with Gasteiger partial charge in [-0.25, -0.2) is 19.7 Å². The highest BCUT2D eigenvalue weighted by Gasteiger charge is 2.21. The van der Waals surface area contributed by atoms with E-state index in [1.807, 2.05) is 61.4 Å². The highest BCUT2D eigenvalue weighted by molar-refractivity contribution is 5.98. The summed E-state index contributed by atoms with van der Waals surface area (Å²) in [6.45, 7) is 6.40. The molecule has 0 radical (unpaired) electrons. The van der Waals surface area contributed by atoms with Crippen molar-refractivity contribution in [1.82, 2.24) is 10.4 Å². The van der Waals surface area contributed by atoms with Gasteiger partial charge in [-0.3, -0.25) is 4.79 Å². The van der Waals surface area contributed by atoms with Crippen LogP contribution in [0.1, 0.15) is 37.5 Å². The lowest BCUT2D eigenvalue weighted by Gasteiger charge is -2.21. The quantitative estimate of drug-likeness (QED) is 0.552. The van der Waals surface area contributed by atoms with Crippen molar-refractivity contribution in [2.24, 2.45) is 10.9 Å². The number of ether oxygens (including phenoxy) is 2. The SMILES string of the molecule is CC(=O)OC[C@@H](NC(=O)OCc1cccc(C2=NCON2CCc2ccccc2)c1)C(C)C. The van der Waals surface area contributed by atoms with Gasteiger partial charge in [-0.2, -0.15) is 0 Å². The van der Waals surface area contributed by atoms with E-state index in [2.05, 4.69) is 22.4 Å². The van der Waals surface area contributed by atoms with Crippen LogP contribution in [0.2, 0.25) is 0 Å². The molecule has 0 aromatic heterocycles. The van der Waals surface area contributed by atoms with Crippen LogP contribution >= 0.6 is 0 Å². The van der Waals surface area contributed by atoms with Gasteiger partial charge in [0.2, 0.25) is 0 Å². The number of hydroxylamine groups is 2. The summed E-state index contributed by atoms with van der Waals surface area (Å²) in [7, 11) is 0. The van der Waals surface area contributed by atoms with Crippen molar-refractivity contribution in [3.8, 4) is 0 Å². The minimum atomic E-state index is -0.558. The molecule has 0 fully saturated rings. The summed E-state index contributed by atoms with van der Waals surface area (Å²) in [6.07, 6.45) is 0.282. The smallest absolute Gasteiger partial charge is 0.407 e. The number of aliphatic imine (C=N–C) groups is 1. The van der Waals surface area contributed by atoms with Gasteiger partial charge in [0.1, 0.15) is 13.2 Å². The molecule has 8 heteroatoms. The Kier molecular flexibility index (Phi) is 8.83. The Bertz CT molecular complexity index is 962. The Labute approximate surface area is 194 Å². The van der Waals surface area contributed by atoms with E-state index in [1.54, 1.807) is 0 Å². The zero-order chi connectivity index (χ0) is 23.6. The van der Waals surface area contributed by atoms with E-state index in [0.29, 0.717) is 6.54 Å². The standard InChI is InChI=1S/C25H31N3O5/c1-18(2)23(16-31-19(3)29)27-25(30)32-15-21-10-7-11-22(14-21)24-26-17-33-28(24)13-12-20-8-5-4-6-9-20/h4-11,14,18,23H,12-13,15-17H2,1-3H3,(H,27,30)/t23-/m1/s1. The average molecular weight is 454 g/mol. The van der Waals surface area contributed by atoms with Gasteiger partial charge in [0.05, 0.1) is 12.6 Å². The molecule has 0 saturated carbocycles. The second-order valence-corrected chi connectivity index (χ2v) is 8.15. The molecule has 176 valence electrons. The van der Waals surface area contributed by atoms with Crippen molar-refractivity contribution in [1.29, 1.82) is 0 Å². The Morgan fingerprint density at radius 2 is 1.85 bits per heavy atom. The van der Waals surface area contributed by atoms with Gasteiger partial charge in [0.15, 0.2) is 12.6 Å². The lowest BCUT2D eigenvalue weighted by molar-refractivity contribution is -0.142. The number of amides is 1. The molecule has 1 aliphatic rings. The molecule has 8 nitrogen and oxygen atoms in total. The molecular formula is C25H31N3O5. The molecule has 1 amide bonds. The first-order chi connectivity index (χ1) is 15.9. The third kappa shape index (κ3) is 7.61. The van der Waals surface area contributed by atoms with Crippen LogP contribution in [0.25, 0.3) is 0 Å². The largest absolute Gasteiger partial charge is 0.464 e. The van der Waals surface area contributed by atoms with Gasteiger partial charge in [0.25, 0.3) is 0 Å². The van der Waals surface area contributed by atoms with Gasteiger partial charge >= 0.3 is 12.1 Å². The second kappa shape index (κ2) is 12.0. The van der Waals surface area contributed by atoms with Gasteiger partial charge in [-0.05, 0) is 29.5 Å². The third-order valence-corrected chi connectivity index (χ3v) is 5.24. The maximum Gasteiger partial charge on any atom is 0.407 e. The van der Waals surface area contributed by atoms with E-state index in [1.165, 1.54) is 12.5 Å². The van der Waals surface area contributed by atoms with Gasteiger partial charge in [-0.15, -0.1) is 0 Å². The van der Waals surface area contributed by atoms with Crippen LogP contribution in [0.4, 0.5) is 4.79 Å². The van der Waals surface area contributed by atoms with Crippen LogP contribution in [0.5, 0.6) is 0 Å². The van der Waals surface area contributed by atoms with E-state index in [4.69, 9.17) is 14.3 Å². The monoisotopic (exact) mass is 453 g/mol. The molecule has 0 aliphatic carbocycles. The van der Waals surface area contributed by atoms with Crippen LogP contribution < -0.4 is 5.32 Å². The average Bonchev–Trinajstić information content (AvgIpc) is 3.28. The molecule has 0 spiro atoms. The van der Waals surface area contributed by atoms with Crippen LogP contribution in [0.3, 0.4) is 0 Å². The molecule has 33 heavy (non-hydrogen) atoms. The summed E-state index contributed by atoms with van der Waals surface area (Å²) in [4.78, 5) is 33.5. The van der Waals surface area contributed by atoms with Crippen molar-refractivity contribution in [3.05, 3.63) is 71.3 Å². The Balaban J connectivity index is 1.54. The van der Waals surface area contributed by atoms with Crippen molar-refractivity contribution in [2.75, 3.05) is 19.9 Å². The minimum Gasteiger partial charge on any atom is -0.464 e. The molecule has 0 unspecified atom stereocenters. The zero-order valence-electron chi connectivity index (χ0n) is 19.3. The molecule has 1 atom stereocenters. The molecule has 0 bridgehead atoms. The Morgan fingerprint density at radius 1 is 1.09 bits per heavy atom. The molecule has 1 aliphatic heterocycles. The number of amidine groups is 1. The van der Waals surface area contributed by atoms with E-state index in [9.17, 15) is 9.59 Å². The number of nitrogens with zero attached hydrogens (tertiary/aromatic N) is 2. The predicted octanol–water partition coefficient (Wildman–Crippen LogP) is 3.69. The van der Waals surface area contributed by atoms with Crippen LogP contribution in [0, 0.1) is 5.92 Å². The molecule has 2 aromatic carbocycles. The fraction of sp³-hybridized carbons (Fsp3) is 0.400. The molecule has 2 aromatic rings. The third-order valence-electron chi connectivity index (χ3n) is 5.24. The summed E-state index contributed by atoms with van der Waals surface area (Å²) in [5.74, 6) is 0.463. The molecule has 1 heterocycles. The molecular weight excluding hydrogens is 422 g/mol. The lowest BCUT2D eigenvalue weighted by atomic mass is 10.1. The summed E-state index contributed by atoms with van der Waals surface area (Å²) >= 11 is 0. The Morgan fingerprint density at radius 3 is 2.58 bits per heavy atom. The van der Waals surface area contributed by atoms with E-state index in [0.717, 1.165) is 23.4 Å². The fourth-order valence-electron chi connectivity index (χ4n) is 3.33. The number of carbonyl (C=O) groups excluding carboxylic acids is 2. The first kappa shape index (κ1) is 24.3. The predicted molar refractivity (Wildman–Crippen MR) is 124 cm³/mol. The lowest BCUT2D eigenvalue weighted by Crippen LogP contribution is -2.42. The van der Waals surface area contributed by atoms with Gasteiger partial charge < -0.3 is 14.8 Å². The van der Waals surface area contributed by atoms with Crippen LogP contribution in [0.15, 0.2) is 59.6 Å². The van der Waals surface area contributed by atoms with E-state index < -0.39 is 6.09 Å². The van der Waals surface area contributed by atoms with Gasteiger partial charge in [0, 0.05) is 12.5 Å². The summed E-state index contributed by atoms with van der Waals surface area (Å²) in [5, 5.41) is 4.57. The molecule has 1 N–H and O–H groups in total. The maximum absolute atomic E-state index is 12.3. The molecule has 3 rings (SSSR count). The normalized spacial score (nSPS) is 14.1. The number of alkyl carbamates (subject to hydrolysis) is 1. The van der Waals surface area contributed by atoms with E-state index in [-0.39, 0.29) is 37.9 Å². The van der Waals surface area contributed by atoms with Crippen LogP contribution in [-0.4, -0.2) is 48.9 Å². The Hall–Kier alpha value is -3.39. The number of benzene rings is 2. The van der Waals surface area contributed by atoms with Crippen molar-refractivity contribution >= 4 is 17.9 Å². The fourth-order valence-corrected chi connectivity index (χ4v) is 3.33. The highest BCUT2D eigenvalue weighted by Crippen LogP contribution is 2.16. The maximum atomic E-state index is 12.3. The highest BCUT2D eigenvalue weighted by atomic mass is 16.7. The second-order valence-electron chi connectivity index (χ2n) is 8.15. The van der Waals surface area contributed by atoms with Crippen molar-refractivity contribution in [3.63, 3.8) is 0 Å². The number of carbonyl (C=O) groups is 2. The minimum absolute atomic E-state index is 0.0856. The van der Waals surface area contributed by atoms with Crippen LogP contribution in [-0.2, 0) is 32.1 Å². The zero-order valence-corrected chi connectivity index (χ0v) is 19.3. The van der Waals surface area contributed by atoms with Crippen molar-refractivity contribution < 1.29 is 23.9 Å². The number of hydrogen-bond donors (Lipinski definition) is 1. The van der Waals surface area contributed by atoms with E-state index >= 15 is 0 Å². The van der Waals surface area contributed by atoms with Gasteiger partial charge in [-0.1, -0.05) is 62.4 Å². The number of hydrogen-bond acceptors (Lipinski definition) is 7.